The fraction of sp³-hybridized carbons (Fsp3) is 0.941. The van der Waals surface area contributed by atoms with E-state index >= 15 is 0 Å². The quantitative estimate of drug-likeness (QED) is 0.737. The van der Waals surface area contributed by atoms with Gasteiger partial charge in [0.05, 0.1) is 5.41 Å². The van der Waals surface area contributed by atoms with E-state index in [2.05, 4.69) is 25.7 Å². The predicted molar refractivity (Wildman–Crippen MR) is 85.6 cm³/mol. The number of carbonyl (C=O) groups excluding carboxylic acids is 1. The Morgan fingerprint density at radius 1 is 1.15 bits per heavy atom. The first kappa shape index (κ1) is 17.5. The van der Waals surface area contributed by atoms with Gasteiger partial charge in [-0.3, -0.25) is 4.79 Å². The highest BCUT2D eigenvalue weighted by molar-refractivity contribution is 5.83. The SMILES string of the molecule is CCCC1CCCCN1C(=O)C(CN)(CCC)CCC. The second kappa shape index (κ2) is 8.66. The fourth-order valence-corrected chi connectivity index (χ4v) is 3.79. The summed E-state index contributed by atoms with van der Waals surface area (Å²) >= 11 is 0. The zero-order valence-electron chi connectivity index (χ0n) is 13.8. The standard InChI is InChI=1S/C17H34N2O/c1-4-9-15-10-7-8-13-19(15)16(20)17(14-18,11-5-2)12-6-3/h15H,4-14,18H2,1-3H3. The normalized spacial score (nSPS) is 20.2. The minimum absolute atomic E-state index is 0.299. The first-order valence-electron chi connectivity index (χ1n) is 8.66. The molecule has 1 fully saturated rings. The summed E-state index contributed by atoms with van der Waals surface area (Å²) in [7, 11) is 0. The highest BCUT2D eigenvalue weighted by Gasteiger charge is 2.40. The van der Waals surface area contributed by atoms with Crippen molar-refractivity contribution in [2.24, 2.45) is 11.1 Å². The highest BCUT2D eigenvalue weighted by Crippen LogP contribution is 2.34. The lowest BCUT2D eigenvalue weighted by atomic mass is 9.77. The van der Waals surface area contributed by atoms with Crippen LogP contribution < -0.4 is 5.73 Å². The molecule has 3 nitrogen and oxygen atoms in total. The highest BCUT2D eigenvalue weighted by atomic mass is 16.2. The molecular weight excluding hydrogens is 248 g/mol. The zero-order chi connectivity index (χ0) is 15.0. The van der Waals surface area contributed by atoms with E-state index in [-0.39, 0.29) is 5.41 Å². The fourth-order valence-electron chi connectivity index (χ4n) is 3.79. The molecule has 0 aromatic heterocycles. The largest absolute Gasteiger partial charge is 0.339 e. The molecule has 0 saturated carbocycles. The number of nitrogens with zero attached hydrogens (tertiary/aromatic N) is 1. The minimum Gasteiger partial charge on any atom is -0.339 e. The van der Waals surface area contributed by atoms with E-state index in [4.69, 9.17) is 5.73 Å². The molecule has 1 heterocycles. The third-order valence-corrected chi connectivity index (χ3v) is 4.81. The van der Waals surface area contributed by atoms with Crippen LogP contribution in [0.1, 0.15) is 78.6 Å². The third kappa shape index (κ3) is 3.97. The van der Waals surface area contributed by atoms with Crippen LogP contribution in [-0.4, -0.2) is 29.9 Å². The number of piperidine rings is 1. The van der Waals surface area contributed by atoms with E-state index < -0.39 is 0 Å². The molecule has 1 saturated heterocycles. The number of nitrogens with two attached hydrogens (primary N) is 1. The molecule has 1 aliphatic heterocycles. The lowest BCUT2D eigenvalue weighted by Crippen LogP contribution is -2.53. The van der Waals surface area contributed by atoms with Gasteiger partial charge in [0.15, 0.2) is 0 Å². The Labute approximate surface area is 125 Å². The van der Waals surface area contributed by atoms with Crippen molar-refractivity contribution in [1.29, 1.82) is 0 Å². The van der Waals surface area contributed by atoms with Gasteiger partial charge in [-0.05, 0) is 38.5 Å². The molecule has 1 unspecified atom stereocenters. The Hall–Kier alpha value is -0.570. The van der Waals surface area contributed by atoms with Crippen LogP contribution in [0.25, 0.3) is 0 Å². The Kier molecular flexibility index (Phi) is 7.57. The molecule has 0 spiro atoms. The van der Waals surface area contributed by atoms with Crippen molar-refractivity contribution in [2.75, 3.05) is 13.1 Å². The molecule has 1 aliphatic rings. The predicted octanol–water partition coefficient (Wildman–Crippen LogP) is 3.71. The van der Waals surface area contributed by atoms with Crippen LogP contribution in [0.2, 0.25) is 0 Å². The Morgan fingerprint density at radius 3 is 2.30 bits per heavy atom. The molecular formula is C17H34N2O. The smallest absolute Gasteiger partial charge is 0.230 e. The lowest BCUT2D eigenvalue weighted by Gasteiger charge is -2.42. The van der Waals surface area contributed by atoms with Gasteiger partial charge in [-0.1, -0.05) is 40.0 Å². The number of amides is 1. The van der Waals surface area contributed by atoms with Crippen LogP contribution in [0.5, 0.6) is 0 Å². The summed E-state index contributed by atoms with van der Waals surface area (Å²) < 4.78 is 0. The van der Waals surface area contributed by atoms with E-state index in [9.17, 15) is 4.79 Å². The maximum atomic E-state index is 13.2. The van der Waals surface area contributed by atoms with E-state index in [1.807, 2.05) is 0 Å². The van der Waals surface area contributed by atoms with Gasteiger partial charge in [0.2, 0.25) is 5.91 Å². The molecule has 0 aromatic rings. The first-order valence-corrected chi connectivity index (χ1v) is 8.66. The summed E-state index contributed by atoms with van der Waals surface area (Å²) in [6, 6.07) is 0.459. The number of hydrogen-bond donors (Lipinski definition) is 1. The summed E-state index contributed by atoms with van der Waals surface area (Å²) in [5.41, 5.74) is 5.76. The average molecular weight is 282 g/mol. The van der Waals surface area contributed by atoms with Gasteiger partial charge >= 0.3 is 0 Å². The first-order chi connectivity index (χ1) is 9.65. The monoisotopic (exact) mass is 282 g/mol. The van der Waals surface area contributed by atoms with E-state index in [1.165, 1.54) is 12.8 Å². The third-order valence-electron chi connectivity index (χ3n) is 4.81. The summed E-state index contributed by atoms with van der Waals surface area (Å²) in [5, 5.41) is 0. The van der Waals surface area contributed by atoms with Crippen LogP contribution in [0.3, 0.4) is 0 Å². The van der Waals surface area contributed by atoms with Crippen LogP contribution in [0.15, 0.2) is 0 Å². The Balaban J connectivity index is 2.90. The van der Waals surface area contributed by atoms with Crippen LogP contribution in [-0.2, 0) is 4.79 Å². The van der Waals surface area contributed by atoms with E-state index in [1.54, 1.807) is 0 Å². The molecule has 0 radical (unpaired) electrons. The van der Waals surface area contributed by atoms with Crippen LogP contribution in [0.4, 0.5) is 0 Å². The van der Waals surface area contributed by atoms with Crippen molar-refractivity contribution >= 4 is 5.91 Å². The molecule has 1 rings (SSSR count). The molecule has 1 atom stereocenters. The summed E-state index contributed by atoms with van der Waals surface area (Å²) in [6.07, 6.45) is 9.85. The minimum atomic E-state index is -0.299. The van der Waals surface area contributed by atoms with Gasteiger partial charge < -0.3 is 10.6 Å². The van der Waals surface area contributed by atoms with Gasteiger partial charge in [0.1, 0.15) is 0 Å². The van der Waals surface area contributed by atoms with Gasteiger partial charge in [0, 0.05) is 19.1 Å². The van der Waals surface area contributed by atoms with Crippen LogP contribution >= 0.6 is 0 Å². The van der Waals surface area contributed by atoms with Crippen molar-refractivity contribution in [3.8, 4) is 0 Å². The second-order valence-electron chi connectivity index (χ2n) is 6.42. The Morgan fingerprint density at radius 2 is 1.80 bits per heavy atom. The van der Waals surface area contributed by atoms with Crippen molar-refractivity contribution < 1.29 is 4.79 Å². The van der Waals surface area contributed by atoms with Crippen LogP contribution in [0, 0.1) is 5.41 Å². The molecule has 2 N–H and O–H groups in total. The van der Waals surface area contributed by atoms with Crippen molar-refractivity contribution in [3.63, 3.8) is 0 Å². The maximum absolute atomic E-state index is 13.2. The van der Waals surface area contributed by atoms with Gasteiger partial charge in [0.25, 0.3) is 0 Å². The van der Waals surface area contributed by atoms with Crippen molar-refractivity contribution in [1.82, 2.24) is 4.90 Å². The van der Waals surface area contributed by atoms with Gasteiger partial charge in [-0.15, -0.1) is 0 Å². The molecule has 0 bridgehead atoms. The summed E-state index contributed by atoms with van der Waals surface area (Å²) in [4.78, 5) is 15.3. The number of hydrogen-bond acceptors (Lipinski definition) is 2. The van der Waals surface area contributed by atoms with E-state index in [0.717, 1.165) is 51.5 Å². The van der Waals surface area contributed by atoms with Gasteiger partial charge in [-0.2, -0.15) is 0 Å². The zero-order valence-corrected chi connectivity index (χ0v) is 13.8. The molecule has 1 amide bonds. The van der Waals surface area contributed by atoms with Crippen molar-refractivity contribution in [2.45, 2.75) is 84.6 Å². The molecule has 118 valence electrons. The average Bonchev–Trinajstić information content (AvgIpc) is 2.47. The molecule has 3 heteroatoms. The molecule has 20 heavy (non-hydrogen) atoms. The topological polar surface area (TPSA) is 46.3 Å². The number of likely N-dealkylation sites (tertiary alicyclic amines) is 1. The maximum Gasteiger partial charge on any atom is 0.230 e. The lowest BCUT2D eigenvalue weighted by molar-refractivity contribution is -0.146. The summed E-state index contributed by atoms with van der Waals surface area (Å²) in [6.45, 7) is 7.98. The summed E-state index contributed by atoms with van der Waals surface area (Å²) in [5.74, 6) is 0.349. The molecule has 0 aliphatic carbocycles. The van der Waals surface area contributed by atoms with Gasteiger partial charge in [-0.25, -0.2) is 0 Å². The number of carbonyl (C=O) groups is 1. The Bertz CT molecular complexity index is 283. The van der Waals surface area contributed by atoms with Crippen molar-refractivity contribution in [3.05, 3.63) is 0 Å². The second-order valence-corrected chi connectivity index (χ2v) is 6.42. The number of rotatable bonds is 8. The van der Waals surface area contributed by atoms with E-state index in [0.29, 0.717) is 18.5 Å². The molecule has 0 aromatic carbocycles.